The van der Waals surface area contributed by atoms with E-state index < -0.39 is 0 Å². The molecule has 1 aromatic rings. The number of rotatable bonds is 2. The van der Waals surface area contributed by atoms with Crippen molar-refractivity contribution in [3.63, 3.8) is 0 Å². The van der Waals surface area contributed by atoms with E-state index in [0.717, 1.165) is 43.1 Å². The first kappa shape index (κ1) is 13.1. The third kappa shape index (κ3) is 2.67. The Kier molecular flexibility index (Phi) is 3.84. The lowest BCUT2D eigenvalue weighted by Crippen LogP contribution is -2.42. The van der Waals surface area contributed by atoms with Crippen LogP contribution in [-0.2, 0) is 9.53 Å². The lowest BCUT2D eigenvalue weighted by atomic mass is 9.99. The van der Waals surface area contributed by atoms with Crippen LogP contribution in [0.1, 0.15) is 42.4 Å². The van der Waals surface area contributed by atoms with E-state index in [1.807, 2.05) is 6.92 Å². The molecule has 2 saturated heterocycles. The molecule has 3 heterocycles. The average molecular weight is 280 g/mol. The van der Waals surface area contributed by atoms with Crippen molar-refractivity contribution >= 4 is 17.2 Å². The summed E-state index contributed by atoms with van der Waals surface area (Å²) in [5.74, 6) is 0.344. The molecule has 0 aliphatic carbocycles. The first-order chi connectivity index (χ1) is 9.25. The SMILES string of the molecule is Cc1csc([C@@H]2CCCCN2C(=O)[C@@H]2CCOC2)n1. The van der Waals surface area contributed by atoms with Gasteiger partial charge in [-0.05, 0) is 32.6 Å². The summed E-state index contributed by atoms with van der Waals surface area (Å²) >= 11 is 1.68. The summed E-state index contributed by atoms with van der Waals surface area (Å²) in [7, 11) is 0. The maximum absolute atomic E-state index is 12.6. The molecule has 1 aromatic heterocycles. The van der Waals surface area contributed by atoms with Gasteiger partial charge in [0.15, 0.2) is 0 Å². The molecular weight excluding hydrogens is 260 g/mol. The van der Waals surface area contributed by atoms with E-state index in [1.54, 1.807) is 11.3 Å². The van der Waals surface area contributed by atoms with Crippen molar-refractivity contribution in [3.8, 4) is 0 Å². The molecule has 5 heteroatoms. The highest BCUT2D eigenvalue weighted by molar-refractivity contribution is 7.09. The molecule has 0 aromatic carbocycles. The van der Waals surface area contributed by atoms with E-state index in [9.17, 15) is 4.79 Å². The van der Waals surface area contributed by atoms with Gasteiger partial charge < -0.3 is 9.64 Å². The number of amides is 1. The lowest BCUT2D eigenvalue weighted by Gasteiger charge is -2.36. The van der Waals surface area contributed by atoms with Crippen LogP contribution in [0, 0.1) is 12.8 Å². The average Bonchev–Trinajstić information content (AvgIpc) is 3.09. The third-order valence-electron chi connectivity index (χ3n) is 3.99. The Morgan fingerprint density at radius 3 is 3.05 bits per heavy atom. The molecule has 2 aliphatic heterocycles. The normalized spacial score (nSPS) is 27.7. The summed E-state index contributed by atoms with van der Waals surface area (Å²) < 4.78 is 5.35. The second-order valence-corrected chi connectivity index (χ2v) is 6.32. The quantitative estimate of drug-likeness (QED) is 0.836. The number of aromatic nitrogens is 1. The molecule has 0 N–H and O–H groups in total. The van der Waals surface area contributed by atoms with Crippen LogP contribution in [-0.4, -0.2) is 35.5 Å². The number of nitrogens with zero attached hydrogens (tertiary/aromatic N) is 2. The number of thiazole rings is 1. The van der Waals surface area contributed by atoms with Crippen molar-refractivity contribution in [2.75, 3.05) is 19.8 Å². The van der Waals surface area contributed by atoms with E-state index in [-0.39, 0.29) is 17.9 Å². The van der Waals surface area contributed by atoms with E-state index in [2.05, 4.69) is 15.3 Å². The summed E-state index contributed by atoms with van der Waals surface area (Å²) in [6.45, 7) is 4.21. The molecule has 1 amide bonds. The van der Waals surface area contributed by atoms with Gasteiger partial charge in [-0.1, -0.05) is 0 Å². The van der Waals surface area contributed by atoms with Crippen LogP contribution in [0.15, 0.2) is 5.38 Å². The van der Waals surface area contributed by atoms with Gasteiger partial charge in [0.1, 0.15) is 5.01 Å². The molecule has 0 bridgehead atoms. The Balaban J connectivity index is 1.78. The van der Waals surface area contributed by atoms with Crippen molar-refractivity contribution in [1.29, 1.82) is 0 Å². The second-order valence-electron chi connectivity index (χ2n) is 5.43. The summed E-state index contributed by atoms with van der Waals surface area (Å²) in [4.78, 5) is 19.3. The Labute approximate surface area is 117 Å². The van der Waals surface area contributed by atoms with Gasteiger partial charge in [-0.3, -0.25) is 4.79 Å². The van der Waals surface area contributed by atoms with Gasteiger partial charge in [-0.25, -0.2) is 4.98 Å². The fourth-order valence-electron chi connectivity index (χ4n) is 2.94. The highest BCUT2D eigenvalue weighted by Crippen LogP contribution is 2.34. The Morgan fingerprint density at radius 1 is 1.47 bits per heavy atom. The van der Waals surface area contributed by atoms with E-state index in [4.69, 9.17) is 4.74 Å². The Morgan fingerprint density at radius 2 is 2.37 bits per heavy atom. The Bertz CT molecular complexity index is 454. The third-order valence-corrected chi connectivity index (χ3v) is 5.05. The first-order valence-electron chi connectivity index (χ1n) is 7.06. The van der Waals surface area contributed by atoms with Crippen molar-refractivity contribution in [3.05, 3.63) is 16.1 Å². The van der Waals surface area contributed by atoms with Crippen LogP contribution >= 0.6 is 11.3 Å². The summed E-state index contributed by atoms with van der Waals surface area (Å²) in [6, 6.07) is 0.195. The molecule has 0 spiro atoms. The molecule has 0 radical (unpaired) electrons. The van der Waals surface area contributed by atoms with Gasteiger partial charge in [0.05, 0.1) is 18.6 Å². The number of ether oxygens (including phenoxy) is 1. The fraction of sp³-hybridized carbons (Fsp3) is 0.714. The predicted molar refractivity (Wildman–Crippen MR) is 74.1 cm³/mol. The van der Waals surface area contributed by atoms with Crippen molar-refractivity contribution in [2.24, 2.45) is 5.92 Å². The molecule has 0 saturated carbocycles. The minimum absolute atomic E-state index is 0.0710. The number of carbonyl (C=O) groups excluding carboxylic acids is 1. The standard InChI is InChI=1S/C14H20N2O2S/c1-10-9-19-13(15-10)12-4-2-3-6-16(12)14(17)11-5-7-18-8-11/h9,11-12H,2-8H2,1H3/t11-,12+/m1/s1. The first-order valence-corrected chi connectivity index (χ1v) is 7.94. The molecule has 19 heavy (non-hydrogen) atoms. The molecule has 104 valence electrons. The van der Waals surface area contributed by atoms with E-state index in [1.165, 1.54) is 6.42 Å². The van der Waals surface area contributed by atoms with Crippen molar-refractivity contribution in [1.82, 2.24) is 9.88 Å². The lowest BCUT2D eigenvalue weighted by molar-refractivity contribution is -0.139. The number of likely N-dealkylation sites (tertiary alicyclic amines) is 1. The van der Waals surface area contributed by atoms with Crippen LogP contribution in [0.5, 0.6) is 0 Å². The van der Waals surface area contributed by atoms with Crippen LogP contribution in [0.3, 0.4) is 0 Å². The zero-order chi connectivity index (χ0) is 13.2. The zero-order valence-electron chi connectivity index (χ0n) is 11.3. The molecule has 2 fully saturated rings. The topological polar surface area (TPSA) is 42.4 Å². The summed E-state index contributed by atoms with van der Waals surface area (Å²) in [5.41, 5.74) is 1.06. The van der Waals surface area contributed by atoms with Gasteiger partial charge >= 0.3 is 0 Å². The highest BCUT2D eigenvalue weighted by Gasteiger charge is 2.35. The highest BCUT2D eigenvalue weighted by atomic mass is 32.1. The maximum Gasteiger partial charge on any atom is 0.228 e. The molecule has 4 nitrogen and oxygen atoms in total. The fourth-order valence-corrected chi connectivity index (χ4v) is 3.88. The Hall–Kier alpha value is -0.940. The van der Waals surface area contributed by atoms with Gasteiger partial charge in [0.25, 0.3) is 0 Å². The molecule has 3 rings (SSSR count). The monoisotopic (exact) mass is 280 g/mol. The van der Waals surface area contributed by atoms with Gasteiger partial charge in [-0.15, -0.1) is 11.3 Å². The number of aryl methyl sites for hydroxylation is 1. The predicted octanol–water partition coefficient (Wildman–Crippen LogP) is 2.54. The molecule has 2 atom stereocenters. The smallest absolute Gasteiger partial charge is 0.228 e. The molecule has 0 unspecified atom stereocenters. The van der Waals surface area contributed by atoms with Crippen LogP contribution in [0.25, 0.3) is 0 Å². The van der Waals surface area contributed by atoms with Crippen molar-refractivity contribution < 1.29 is 9.53 Å². The maximum atomic E-state index is 12.6. The summed E-state index contributed by atoms with van der Waals surface area (Å²) in [5, 5.41) is 3.18. The van der Waals surface area contributed by atoms with Gasteiger partial charge in [0.2, 0.25) is 5.91 Å². The van der Waals surface area contributed by atoms with Crippen LogP contribution < -0.4 is 0 Å². The summed E-state index contributed by atoms with van der Waals surface area (Å²) in [6.07, 6.45) is 4.22. The molecule has 2 aliphatic rings. The van der Waals surface area contributed by atoms with E-state index in [0.29, 0.717) is 6.61 Å². The zero-order valence-corrected chi connectivity index (χ0v) is 12.1. The largest absolute Gasteiger partial charge is 0.381 e. The number of carbonyl (C=O) groups is 1. The van der Waals surface area contributed by atoms with Gasteiger partial charge in [0, 0.05) is 24.2 Å². The van der Waals surface area contributed by atoms with Crippen LogP contribution in [0.4, 0.5) is 0 Å². The number of hydrogen-bond acceptors (Lipinski definition) is 4. The molecular formula is C14H20N2O2S. The second kappa shape index (κ2) is 5.59. The van der Waals surface area contributed by atoms with Crippen LogP contribution in [0.2, 0.25) is 0 Å². The van der Waals surface area contributed by atoms with E-state index >= 15 is 0 Å². The van der Waals surface area contributed by atoms with Crippen molar-refractivity contribution in [2.45, 2.75) is 38.6 Å². The van der Waals surface area contributed by atoms with Gasteiger partial charge in [-0.2, -0.15) is 0 Å². The number of hydrogen-bond donors (Lipinski definition) is 0. The minimum Gasteiger partial charge on any atom is -0.381 e. The minimum atomic E-state index is 0.0710. The number of piperidine rings is 1.